The van der Waals surface area contributed by atoms with Crippen LogP contribution in [0, 0.1) is 0 Å². The lowest BCUT2D eigenvalue weighted by Gasteiger charge is -2.13. The van der Waals surface area contributed by atoms with Gasteiger partial charge in [-0.15, -0.1) is 0 Å². The smallest absolute Gasteiger partial charge is 0.251 e. The Hall–Kier alpha value is -2.38. The second-order valence-corrected chi connectivity index (χ2v) is 6.88. The van der Waals surface area contributed by atoms with Crippen LogP contribution in [0.15, 0.2) is 53.4 Å². The van der Waals surface area contributed by atoms with E-state index in [9.17, 15) is 13.2 Å². The molecule has 0 aliphatic heterocycles. The average Bonchev–Trinajstić information content (AvgIpc) is 2.52. The van der Waals surface area contributed by atoms with Crippen LogP contribution in [0.2, 0.25) is 0 Å². The highest BCUT2D eigenvalue weighted by Gasteiger charge is 2.09. The summed E-state index contributed by atoms with van der Waals surface area (Å²) >= 11 is 0. The average molecular weight is 333 g/mol. The molecule has 0 spiro atoms. The molecule has 0 atom stereocenters. The molecule has 23 heavy (non-hydrogen) atoms. The van der Waals surface area contributed by atoms with E-state index in [0.29, 0.717) is 12.1 Å². The molecule has 0 radical (unpaired) electrons. The maximum absolute atomic E-state index is 12.2. The molecule has 122 valence electrons. The number of sulfonamides is 1. The number of hydrogen-bond donors (Lipinski definition) is 2. The summed E-state index contributed by atoms with van der Waals surface area (Å²) in [7, 11) is 0.115. The quantitative estimate of drug-likeness (QED) is 0.863. The van der Waals surface area contributed by atoms with Crippen molar-refractivity contribution in [2.75, 3.05) is 19.0 Å². The first kappa shape index (κ1) is 17.0. The SMILES string of the molecule is CN(C)c1cccc(C(=O)NCc2ccc(S(N)(=O)=O)cc2)c1. The lowest BCUT2D eigenvalue weighted by atomic mass is 10.1. The van der Waals surface area contributed by atoms with Crippen LogP contribution in [0.25, 0.3) is 0 Å². The first-order valence-corrected chi connectivity index (χ1v) is 8.49. The topological polar surface area (TPSA) is 92.5 Å². The number of carbonyl (C=O) groups is 1. The van der Waals surface area contributed by atoms with Crippen LogP contribution in [0.1, 0.15) is 15.9 Å². The molecule has 2 rings (SSSR count). The van der Waals surface area contributed by atoms with Gasteiger partial charge >= 0.3 is 0 Å². The number of nitrogens with zero attached hydrogens (tertiary/aromatic N) is 1. The molecule has 0 saturated heterocycles. The fourth-order valence-electron chi connectivity index (χ4n) is 2.01. The molecule has 0 saturated carbocycles. The van der Waals surface area contributed by atoms with Crippen molar-refractivity contribution in [3.8, 4) is 0 Å². The number of primary sulfonamides is 1. The Morgan fingerprint density at radius 3 is 2.35 bits per heavy atom. The monoisotopic (exact) mass is 333 g/mol. The molecule has 0 unspecified atom stereocenters. The van der Waals surface area contributed by atoms with E-state index >= 15 is 0 Å². The summed E-state index contributed by atoms with van der Waals surface area (Å²) in [5, 5.41) is 7.84. The Balaban J connectivity index is 2.03. The van der Waals surface area contributed by atoms with Crippen LogP contribution in [0.3, 0.4) is 0 Å². The fourth-order valence-corrected chi connectivity index (χ4v) is 2.52. The molecule has 2 aromatic rings. The van der Waals surface area contributed by atoms with E-state index in [0.717, 1.165) is 11.3 Å². The summed E-state index contributed by atoms with van der Waals surface area (Å²) < 4.78 is 22.4. The van der Waals surface area contributed by atoms with E-state index in [-0.39, 0.29) is 10.8 Å². The van der Waals surface area contributed by atoms with E-state index in [1.165, 1.54) is 12.1 Å². The van der Waals surface area contributed by atoms with Gasteiger partial charge in [-0.2, -0.15) is 0 Å². The number of hydrogen-bond acceptors (Lipinski definition) is 4. The van der Waals surface area contributed by atoms with Crippen LogP contribution in [-0.4, -0.2) is 28.4 Å². The third-order valence-corrected chi connectivity index (χ3v) is 4.26. The number of amides is 1. The summed E-state index contributed by atoms with van der Waals surface area (Å²) in [6, 6.07) is 13.4. The van der Waals surface area contributed by atoms with Crippen molar-refractivity contribution in [2.24, 2.45) is 5.14 Å². The van der Waals surface area contributed by atoms with Crippen molar-refractivity contribution >= 4 is 21.6 Å². The molecule has 0 fully saturated rings. The molecule has 0 heterocycles. The van der Waals surface area contributed by atoms with Gasteiger partial charge in [-0.1, -0.05) is 18.2 Å². The molecule has 0 aromatic heterocycles. The predicted molar refractivity (Wildman–Crippen MR) is 89.8 cm³/mol. The lowest BCUT2D eigenvalue weighted by molar-refractivity contribution is 0.0951. The third kappa shape index (κ3) is 4.54. The van der Waals surface area contributed by atoms with Gasteiger partial charge in [0.25, 0.3) is 5.91 Å². The van der Waals surface area contributed by atoms with Crippen LogP contribution >= 0.6 is 0 Å². The van der Waals surface area contributed by atoms with Gasteiger partial charge in [0, 0.05) is 31.9 Å². The molecule has 0 aliphatic rings. The predicted octanol–water partition coefficient (Wildman–Crippen LogP) is 1.33. The lowest BCUT2D eigenvalue weighted by Crippen LogP contribution is -2.23. The van der Waals surface area contributed by atoms with Gasteiger partial charge in [0.15, 0.2) is 0 Å². The van der Waals surface area contributed by atoms with Crippen molar-refractivity contribution in [3.05, 3.63) is 59.7 Å². The van der Waals surface area contributed by atoms with Crippen molar-refractivity contribution in [2.45, 2.75) is 11.4 Å². The zero-order valence-corrected chi connectivity index (χ0v) is 13.8. The fraction of sp³-hybridized carbons (Fsp3) is 0.188. The number of anilines is 1. The number of nitrogens with two attached hydrogens (primary N) is 1. The van der Waals surface area contributed by atoms with Gasteiger partial charge in [-0.25, -0.2) is 13.6 Å². The first-order valence-electron chi connectivity index (χ1n) is 6.95. The Morgan fingerprint density at radius 2 is 1.78 bits per heavy atom. The number of rotatable bonds is 5. The van der Waals surface area contributed by atoms with Gasteiger partial charge < -0.3 is 10.2 Å². The van der Waals surface area contributed by atoms with Gasteiger partial charge in [0.05, 0.1) is 4.90 Å². The second-order valence-electron chi connectivity index (χ2n) is 5.32. The second kappa shape index (κ2) is 6.80. The molecule has 7 heteroatoms. The Kier molecular flexibility index (Phi) is 5.02. The normalized spacial score (nSPS) is 11.1. The molecular weight excluding hydrogens is 314 g/mol. The highest BCUT2D eigenvalue weighted by Crippen LogP contribution is 2.14. The molecule has 0 aliphatic carbocycles. The Morgan fingerprint density at radius 1 is 1.13 bits per heavy atom. The van der Waals surface area contributed by atoms with Crippen molar-refractivity contribution < 1.29 is 13.2 Å². The zero-order chi connectivity index (χ0) is 17.0. The number of benzene rings is 2. The maximum atomic E-state index is 12.2. The van der Waals surface area contributed by atoms with E-state index in [4.69, 9.17) is 5.14 Å². The first-order chi connectivity index (χ1) is 10.8. The highest BCUT2D eigenvalue weighted by molar-refractivity contribution is 7.89. The van der Waals surface area contributed by atoms with Gasteiger partial charge in [0.1, 0.15) is 0 Å². The Labute approximate surface area is 136 Å². The molecular formula is C16H19N3O3S. The van der Waals surface area contributed by atoms with Crippen LogP contribution in [0.5, 0.6) is 0 Å². The Bertz CT molecular complexity index is 800. The van der Waals surface area contributed by atoms with E-state index in [2.05, 4.69) is 5.32 Å². The van der Waals surface area contributed by atoms with Gasteiger partial charge in [-0.3, -0.25) is 4.79 Å². The molecule has 3 N–H and O–H groups in total. The zero-order valence-electron chi connectivity index (χ0n) is 13.0. The van der Waals surface area contributed by atoms with Crippen LogP contribution in [0.4, 0.5) is 5.69 Å². The van der Waals surface area contributed by atoms with Gasteiger partial charge in [0.2, 0.25) is 10.0 Å². The summed E-state index contributed by atoms with van der Waals surface area (Å²) in [4.78, 5) is 14.1. The third-order valence-electron chi connectivity index (χ3n) is 3.33. The molecule has 6 nitrogen and oxygen atoms in total. The standard InChI is InChI=1S/C16H19N3O3S/c1-19(2)14-5-3-4-13(10-14)16(20)18-11-12-6-8-15(9-7-12)23(17,21)22/h3-10H,11H2,1-2H3,(H,18,20)(H2,17,21,22). The molecule has 0 bridgehead atoms. The summed E-state index contributed by atoms with van der Waals surface area (Å²) in [6.45, 7) is 0.302. The summed E-state index contributed by atoms with van der Waals surface area (Å²) in [6.07, 6.45) is 0. The van der Waals surface area contributed by atoms with E-state index in [1.807, 2.05) is 31.1 Å². The minimum Gasteiger partial charge on any atom is -0.378 e. The van der Waals surface area contributed by atoms with E-state index in [1.54, 1.807) is 24.3 Å². The van der Waals surface area contributed by atoms with Crippen LogP contribution < -0.4 is 15.4 Å². The van der Waals surface area contributed by atoms with Crippen molar-refractivity contribution in [1.82, 2.24) is 5.32 Å². The molecule has 1 amide bonds. The highest BCUT2D eigenvalue weighted by atomic mass is 32.2. The minimum atomic E-state index is -3.70. The van der Waals surface area contributed by atoms with E-state index < -0.39 is 10.0 Å². The number of carbonyl (C=O) groups excluding carboxylic acids is 1. The van der Waals surface area contributed by atoms with Crippen LogP contribution in [-0.2, 0) is 16.6 Å². The number of nitrogens with one attached hydrogen (secondary N) is 1. The summed E-state index contributed by atoms with van der Waals surface area (Å²) in [5.74, 6) is -0.191. The molecule has 2 aromatic carbocycles. The minimum absolute atomic E-state index is 0.0475. The maximum Gasteiger partial charge on any atom is 0.251 e. The largest absolute Gasteiger partial charge is 0.378 e. The van der Waals surface area contributed by atoms with Crippen molar-refractivity contribution in [1.29, 1.82) is 0 Å². The summed E-state index contributed by atoms with van der Waals surface area (Å²) in [5.41, 5.74) is 2.29. The van der Waals surface area contributed by atoms with Crippen molar-refractivity contribution in [3.63, 3.8) is 0 Å². The van der Waals surface area contributed by atoms with Gasteiger partial charge in [-0.05, 0) is 35.9 Å².